The lowest BCUT2D eigenvalue weighted by molar-refractivity contribution is 0.255. The lowest BCUT2D eigenvalue weighted by atomic mass is 9.87. The Morgan fingerprint density at radius 3 is 2.59 bits per heavy atom. The van der Waals surface area contributed by atoms with Gasteiger partial charge in [0.05, 0.1) is 6.26 Å². The Labute approximate surface area is 131 Å². The van der Waals surface area contributed by atoms with E-state index in [0.29, 0.717) is 11.6 Å². The average molecular weight is 321 g/mol. The first-order chi connectivity index (χ1) is 10.3. The molecule has 0 spiro atoms. The molecule has 1 saturated heterocycles. The normalized spacial score (nSPS) is 18.0. The van der Waals surface area contributed by atoms with E-state index in [1.807, 2.05) is 12.1 Å². The second-order valence-electron chi connectivity index (χ2n) is 6.38. The number of hydrogen-bond donors (Lipinski definition) is 2. The number of aryl methyl sites for hydroxylation is 1. The van der Waals surface area contributed by atoms with Gasteiger partial charge in [-0.15, -0.1) is 0 Å². The molecule has 6 heteroatoms. The smallest absolute Gasteiger partial charge is 0.229 e. The molecule has 0 atom stereocenters. The second kappa shape index (κ2) is 5.59. The van der Waals surface area contributed by atoms with Gasteiger partial charge >= 0.3 is 0 Å². The summed E-state index contributed by atoms with van der Waals surface area (Å²) < 4.78 is 25.5. The molecule has 0 saturated carbocycles. The number of hydrogen-bond acceptors (Lipinski definition) is 3. The molecule has 120 valence electrons. The van der Waals surface area contributed by atoms with Gasteiger partial charge in [-0.05, 0) is 69.6 Å². The summed E-state index contributed by atoms with van der Waals surface area (Å²) >= 11 is 0. The van der Waals surface area contributed by atoms with Gasteiger partial charge in [0, 0.05) is 22.3 Å². The minimum atomic E-state index is -3.25. The molecule has 3 rings (SSSR count). The molecule has 5 nitrogen and oxygen atoms in total. The highest BCUT2D eigenvalue weighted by Crippen LogP contribution is 2.36. The third kappa shape index (κ3) is 3.13. The Morgan fingerprint density at radius 2 is 1.95 bits per heavy atom. The number of benzene rings is 1. The van der Waals surface area contributed by atoms with Crippen LogP contribution in [0.3, 0.4) is 0 Å². The van der Waals surface area contributed by atoms with Gasteiger partial charge in [0.2, 0.25) is 10.0 Å². The van der Waals surface area contributed by atoms with E-state index < -0.39 is 10.0 Å². The van der Waals surface area contributed by atoms with Crippen molar-refractivity contribution >= 4 is 26.6 Å². The highest BCUT2D eigenvalue weighted by atomic mass is 32.2. The summed E-state index contributed by atoms with van der Waals surface area (Å²) in [6.45, 7) is 4.33. The van der Waals surface area contributed by atoms with Gasteiger partial charge in [-0.2, -0.15) is 0 Å². The highest BCUT2D eigenvalue weighted by molar-refractivity contribution is 7.92. The molecule has 1 aliphatic heterocycles. The minimum Gasteiger partial charge on any atom is -0.358 e. The number of rotatable bonds is 3. The van der Waals surface area contributed by atoms with Crippen LogP contribution in [-0.4, -0.2) is 44.7 Å². The molecule has 2 N–H and O–H groups in total. The second-order valence-corrected chi connectivity index (χ2v) is 8.12. The number of aromatic amines is 1. The largest absolute Gasteiger partial charge is 0.358 e. The van der Waals surface area contributed by atoms with Gasteiger partial charge < -0.3 is 9.88 Å². The van der Waals surface area contributed by atoms with Crippen molar-refractivity contribution in [2.24, 2.45) is 0 Å². The van der Waals surface area contributed by atoms with Crippen LogP contribution in [0.5, 0.6) is 0 Å². The summed E-state index contributed by atoms with van der Waals surface area (Å²) in [7, 11) is -1.09. The number of aromatic nitrogens is 1. The van der Waals surface area contributed by atoms with Crippen LogP contribution < -0.4 is 4.72 Å². The molecule has 0 amide bonds. The molecular formula is C16H23N3O2S. The van der Waals surface area contributed by atoms with Crippen molar-refractivity contribution < 1.29 is 8.42 Å². The summed E-state index contributed by atoms with van der Waals surface area (Å²) in [5, 5.41) is 1.14. The number of nitrogens with one attached hydrogen (secondary N) is 2. The van der Waals surface area contributed by atoms with Crippen molar-refractivity contribution in [1.82, 2.24) is 9.88 Å². The summed E-state index contributed by atoms with van der Waals surface area (Å²) in [5.74, 6) is 0.540. The van der Waals surface area contributed by atoms with Crippen molar-refractivity contribution in [3.05, 3.63) is 29.5 Å². The SMILES string of the molecule is Cc1[nH]c2ccc(NS(C)(=O)=O)cc2c1C1CCN(C)CC1. The number of fused-ring (bicyclic) bond motifs is 1. The maximum Gasteiger partial charge on any atom is 0.229 e. The maximum absolute atomic E-state index is 11.4. The zero-order valence-corrected chi connectivity index (χ0v) is 14.1. The van der Waals surface area contributed by atoms with Crippen LogP contribution in [0, 0.1) is 6.92 Å². The molecule has 0 aliphatic carbocycles. The third-order valence-corrected chi connectivity index (χ3v) is 5.07. The fourth-order valence-electron chi connectivity index (χ4n) is 3.45. The predicted octanol–water partition coefficient (Wildman–Crippen LogP) is 2.66. The molecule has 1 fully saturated rings. The van der Waals surface area contributed by atoms with Crippen LogP contribution >= 0.6 is 0 Å². The van der Waals surface area contributed by atoms with E-state index in [9.17, 15) is 8.42 Å². The molecule has 22 heavy (non-hydrogen) atoms. The van der Waals surface area contributed by atoms with E-state index in [1.165, 1.54) is 17.5 Å². The number of H-pyrrole nitrogens is 1. The number of piperidine rings is 1. The van der Waals surface area contributed by atoms with Crippen LogP contribution in [0.4, 0.5) is 5.69 Å². The average Bonchev–Trinajstić information content (AvgIpc) is 2.74. The Balaban J connectivity index is 2.01. The third-order valence-electron chi connectivity index (χ3n) is 4.47. The Hall–Kier alpha value is -1.53. The molecule has 1 aromatic heterocycles. The van der Waals surface area contributed by atoms with E-state index in [1.54, 1.807) is 6.07 Å². The van der Waals surface area contributed by atoms with E-state index in [0.717, 1.165) is 36.8 Å². The summed E-state index contributed by atoms with van der Waals surface area (Å²) in [6.07, 6.45) is 3.47. The molecule has 1 aromatic carbocycles. The van der Waals surface area contributed by atoms with E-state index in [4.69, 9.17) is 0 Å². The number of anilines is 1. The van der Waals surface area contributed by atoms with Crippen LogP contribution in [0.15, 0.2) is 18.2 Å². The van der Waals surface area contributed by atoms with Crippen LogP contribution in [-0.2, 0) is 10.0 Å². The standard InChI is InChI=1S/C16H23N3O2S/c1-11-16(12-6-8-19(2)9-7-12)14-10-13(18-22(3,20)21)4-5-15(14)17-11/h4-5,10,12,17-18H,6-9H2,1-3H3. The van der Waals surface area contributed by atoms with E-state index in [-0.39, 0.29) is 0 Å². The van der Waals surface area contributed by atoms with Gasteiger partial charge in [0.1, 0.15) is 0 Å². The van der Waals surface area contributed by atoms with Gasteiger partial charge in [-0.25, -0.2) is 8.42 Å². The number of likely N-dealkylation sites (tertiary alicyclic amines) is 1. The van der Waals surface area contributed by atoms with Gasteiger partial charge in [0.25, 0.3) is 0 Å². The van der Waals surface area contributed by atoms with Crippen LogP contribution in [0.2, 0.25) is 0 Å². The number of sulfonamides is 1. The topological polar surface area (TPSA) is 65.2 Å². The van der Waals surface area contributed by atoms with Crippen molar-refractivity contribution in [3.63, 3.8) is 0 Å². The van der Waals surface area contributed by atoms with Gasteiger partial charge in [-0.3, -0.25) is 4.72 Å². The van der Waals surface area contributed by atoms with Gasteiger partial charge in [0.15, 0.2) is 0 Å². The molecule has 0 unspecified atom stereocenters. The fraction of sp³-hybridized carbons (Fsp3) is 0.500. The maximum atomic E-state index is 11.4. The first-order valence-electron chi connectivity index (χ1n) is 7.62. The quantitative estimate of drug-likeness (QED) is 0.913. The first-order valence-corrected chi connectivity index (χ1v) is 9.51. The Kier molecular flexibility index (Phi) is 3.91. The molecular weight excluding hydrogens is 298 g/mol. The van der Waals surface area contributed by atoms with E-state index >= 15 is 0 Å². The van der Waals surface area contributed by atoms with Crippen LogP contribution in [0.1, 0.15) is 30.0 Å². The molecule has 1 aliphatic rings. The predicted molar refractivity (Wildman–Crippen MR) is 91.0 cm³/mol. The molecule has 2 aromatic rings. The molecule has 0 bridgehead atoms. The Morgan fingerprint density at radius 1 is 1.27 bits per heavy atom. The first kappa shape index (κ1) is 15.4. The zero-order valence-electron chi connectivity index (χ0n) is 13.3. The summed E-state index contributed by atoms with van der Waals surface area (Å²) in [4.78, 5) is 5.79. The highest BCUT2D eigenvalue weighted by Gasteiger charge is 2.23. The summed E-state index contributed by atoms with van der Waals surface area (Å²) in [6, 6.07) is 5.71. The Bertz CT molecular complexity index is 787. The monoisotopic (exact) mass is 321 g/mol. The van der Waals surface area contributed by atoms with Crippen LogP contribution in [0.25, 0.3) is 10.9 Å². The van der Waals surface area contributed by atoms with Crippen molar-refractivity contribution in [3.8, 4) is 0 Å². The van der Waals surface area contributed by atoms with Gasteiger partial charge in [-0.1, -0.05) is 0 Å². The van der Waals surface area contributed by atoms with Crippen molar-refractivity contribution in [2.75, 3.05) is 31.1 Å². The number of nitrogens with zero attached hydrogens (tertiary/aromatic N) is 1. The molecule has 0 radical (unpaired) electrons. The van der Waals surface area contributed by atoms with Crippen molar-refractivity contribution in [2.45, 2.75) is 25.7 Å². The zero-order chi connectivity index (χ0) is 15.9. The lowest BCUT2D eigenvalue weighted by Gasteiger charge is -2.29. The minimum absolute atomic E-state index is 0.540. The van der Waals surface area contributed by atoms with Crippen molar-refractivity contribution in [1.29, 1.82) is 0 Å². The summed E-state index contributed by atoms with van der Waals surface area (Å²) in [5.41, 5.74) is 4.25. The molecule has 2 heterocycles. The lowest BCUT2D eigenvalue weighted by Crippen LogP contribution is -2.29. The van der Waals surface area contributed by atoms with E-state index in [2.05, 4.69) is 28.6 Å². The fourth-order valence-corrected chi connectivity index (χ4v) is 4.00.